The van der Waals surface area contributed by atoms with E-state index in [4.69, 9.17) is 11.6 Å². The fourth-order valence-electron chi connectivity index (χ4n) is 2.63. The first-order valence-electron chi connectivity index (χ1n) is 7.74. The molecule has 0 aliphatic rings. The third-order valence-corrected chi connectivity index (χ3v) is 4.17. The van der Waals surface area contributed by atoms with Gasteiger partial charge in [-0.1, -0.05) is 35.4 Å². The summed E-state index contributed by atoms with van der Waals surface area (Å²) in [6.07, 6.45) is 3.58. The maximum atomic E-state index is 12.3. The van der Waals surface area contributed by atoms with Crippen molar-refractivity contribution in [3.8, 4) is 11.3 Å². The number of carbonyl (C=O) groups is 1. The topological polar surface area (TPSA) is 33.8 Å². The Hall–Kier alpha value is -2.04. The number of benzene rings is 2. The molecule has 128 valence electrons. The number of aryl methyl sites for hydroxylation is 2. The minimum atomic E-state index is 0. The minimum Gasteiger partial charge on any atom is -1.00 e. The van der Waals surface area contributed by atoms with Crippen molar-refractivity contribution >= 4 is 17.4 Å². The van der Waals surface area contributed by atoms with E-state index in [0.29, 0.717) is 10.6 Å². The summed E-state index contributed by atoms with van der Waals surface area (Å²) in [5, 5.41) is 0.624. The molecule has 5 heteroatoms. The molecule has 1 heterocycles. The molecule has 0 amide bonds. The zero-order valence-corrected chi connectivity index (χ0v) is 16.4. The van der Waals surface area contributed by atoms with Crippen LogP contribution in [0.1, 0.15) is 21.5 Å². The lowest BCUT2D eigenvalue weighted by Crippen LogP contribution is -3.00. The van der Waals surface area contributed by atoms with Crippen LogP contribution in [-0.2, 0) is 6.54 Å². The zero-order valence-electron chi connectivity index (χ0n) is 14.0. The van der Waals surface area contributed by atoms with Gasteiger partial charge in [-0.3, -0.25) is 4.79 Å². The molecule has 0 radical (unpaired) electrons. The van der Waals surface area contributed by atoms with Gasteiger partial charge in [0.25, 0.3) is 6.33 Å². The monoisotopic (exact) mass is 416 g/mol. The summed E-state index contributed by atoms with van der Waals surface area (Å²) in [4.78, 5) is 16.8. The highest BCUT2D eigenvalue weighted by atomic mass is 79.9. The van der Waals surface area contributed by atoms with Crippen molar-refractivity contribution in [2.45, 2.75) is 20.4 Å². The van der Waals surface area contributed by atoms with Gasteiger partial charge in [-0.05, 0) is 48.7 Å². The molecule has 1 aromatic heterocycles. The van der Waals surface area contributed by atoms with Gasteiger partial charge >= 0.3 is 0 Å². The van der Waals surface area contributed by atoms with E-state index < -0.39 is 0 Å². The predicted molar refractivity (Wildman–Crippen MR) is 95.1 cm³/mol. The van der Waals surface area contributed by atoms with Crippen molar-refractivity contribution in [2.24, 2.45) is 0 Å². The van der Waals surface area contributed by atoms with Crippen LogP contribution in [0.5, 0.6) is 0 Å². The van der Waals surface area contributed by atoms with E-state index in [-0.39, 0.29) is 29.3 Å². The first-order chi connectivity index (χ1) is 11.5. The van der Waals surface area contributed by atoms with E-state index in [1.807, 2.05) is 12.3 Å². The van der Waals surface area contributed by atoms with Crippen LogP contribution in [-0.4, -0.2) is 10.8 Å². The molecule has 2 aromatic carbocycles. The highest BCUT2D eigenvalue weighted by Gasteiger charge is 2.13. The molecule has 0 bridgehead atoms. The molecule has 3 rings (SSSR count). The van der Waals surface area contributed by atoms with Gasteiger partial charge in [-0.2, -0.15) is 0 Å². The van der Waals surface area contributed by atoms with Crippen LogP contribution in [0.2, 0.25) is 5.02 Å². The maximum Gasteiger partial charge on any atom is 0.287 e. The molecular formula is C20H18BrClN2O. The van der Waals surface area contributed by atoms with Crippen LogP contribution in [0.3, 0.4) is 0 Å². The predicted octanol–water partition coefficient (Wildman–Crippen LogP) is 1.19. The highest BCUT2D eigenvalue weighted by Crippen LogP contribution is 2.21. The van der Waals surface area contributed by atoms with Crippen molar-refractivity contribution in [3.63, 3.8) is 0 Å². The Labute approximate surface area is 163 Å². The quantitative estimate of drug-likeness (QED) is 0.472. The highest BCUT2D eigenvalue weighted by molar-refractivity contribution is 6.30. The van der Waals surface area contributed by atoms with Gasteiger partial charge < -0.3 is 17.0 Å². The van der Waals surface area contributed by atoms with Gasteiger partial charge in [0.05, 0.1) is 6.20 Å². The first-order valence-corrected chi connectivity index (χ1v) is 8.12. The van der Waals surface area contributed by atoms with Gasteiger partial charge in [0.15, 0.2) is 12.2 Å². The zero-order chi connectivity index (χ0) is 17.1. The Morgan fingerprint density at radius 2 is 1.80 bits per heavy atom. The van der Waals surface area contributed by atoms with Gasteiger partial charge in [0.1, 0.15) is 0 Å². The van der Waals surface area contributed by atoms with Crippen LogP contribution < -0.4 is 21.5 Å². The lowest BCUT2D eigenvalue weighted by molar-refractivity contribution is -0.686. The Balaban J connectivity index is 0.00000225. The number of Topliss-reactive ketones (excluding diaryl/α,β-unsaturated/α-hetero) is 1. The van der Waals surface area contributed by atoms with Crippen LogP contribution >= 0.6 is 11.6 Å². The average molecular weight is 418 g/mol. The molecule has 0 spiro atoms. The Morgan fingerprint density at radius 3 is 2.40 bits per heavy atom. The van der Waals surface area contributed by atoms with Crippen LogP contribution in [0, 0.1) is 13.8 Å². The summed E-state index contributed by atoms with van der Waals surface area (Å²) in [5.41, 5.74) is 5.08. The molecule has 0 atom stereocenters. The van der Waals surface area contributed by atoms with Crippen molar-refractivity contribution in [1.29, 1.82) is 0 Å². The lowest BCUT2D eigenvalue weighted by Gasteiger charge is -2.04. The molecule has 0 fully saturated rings. The van der Waals surface area contributed by atoms with E-state index >= 15 is 0 Å². The first kappa shape index (κ1) is 19.3. The number of halogens is 2. The minimum absolute atomic E-state index is 0. The van der Waals surface area contributed by atoms with E-state index in [9.17, 15) is 4.79 Å². The van der Waals surface area contributed by atoms with Gasteiger partial charge in [0, 0.05) is 22.2 Å². The Bertz CT molecular complexity index is 877. The molecule has 0 aliphatic carbocycles. The van der Waals surface area contributed by atoms with E-state index in [1.165, 1.54) is 11.1 Å². The smallest absolute Gasteiger partial charge is 0.287 e. The number of rotatable bonds is 4. The molecule has 0 saturated carbocycles. The van der Waals surface area contributed by atoms with Crippen LogP contribution in [0.4, 0.5) is 0 Å². The molecular weight excluding hydrogens is 400 g/mol. The summed E-state index contributed by atoms with van der Waals surface area (Å²) in [6, 6.07) is 15.2. The molecule has 3 nitrogen and oxygen atoms in total. The molecule has 0 unspecified atom stereocenters. The van der Waals surface area contributed by atoms with Gasteiger partial charge in [-0.15, -0.1) is 0 Å². The van der Waals surface area contributed by atoms with Crippen LogP contribution in [0.25, 0.3) is 11.3 Å². The second kappa shape index (κ2) is 8.37. The van der Waals surface area contributed by atoms with Crippen molar-refractivity contribution in [3.05, 3.63) is 82.8 Å². The van der Waals surface area contributed by atoms with Crippen molar-refractivity contribution < 1.29 is 26.3 Å². The molecule has 0 saturated heterocycles. The van der Waals surface area contributed by atoms with Gasteiger partial charge in [0.2, 0.25) is 5.78 Å². The number of ketones is 1. The molecule has 0 N–H and O–H groups in total. The van der Waals surface area contributed by atoms with Crippen molar-refractivity contribution in [2.75, 3.05) is 0 Å². The molecule has 3 aromatic rings. The number of hydrogen-bond donors (Lipinski definition) is 0. The number of nitrogens with zero attached hydrogens (tertiary/aromatic N) is 2. The maximum absolute atomic E-state index is 12.3. The van der Waals surface area contributed by atoms with Crippen molar-refractivity contribution in [1.82, 2.24) is 4.98 Å². The average Bonchev–Trinajstić information content (AvgIpc) is 2.56. The third kappa shape index (κ3) is 4.74. The van der Waals surface area contributed by atoms with E-state index in [2.05, 4.69) is 37.0 Å². The largest absolute Gasteiger partial charge is 1.00 e. The second-order valence-electron chi connectivity index (χ2n) is 5.87. The second-order valence-corrected chi connectivity index (χ2v) is 6.30. The molecule has 25 heavy (non-hydrogen) atoms. The van der Waals surface area contributed by atoms with E-state index in [1.54, 1.807) is 35.2 Å². The normalized spacial score (nSPS) is 10.2. The summed E-state index contributed by atoms with van der Waals surface area (Å²) in [7, 11) is 0. The summed E-state index contributed by atoms with van der Waals surface area (Å²) >= 11 is 5.85. The number of aromatic nitrogens is 2. The number of carbonyl (C=O) groups excluding carboxylic acids is 1. The third-order valence-electron chi connectivity index (χ3n) is 3.92. The number of hydrogen-bond acceptors (Lipinski definition) is 2. The standard InChI is InChI=1S/C20H18ClN2O.BrH/c1-14-3-8-18(15(2)11-14)19-9-10-23(13-22-19)12-20(24)16-4-6-17(21)7-5-16;/h3-11,13H,12H2,1-2H3;1H/q+1;/p-1. The van der Waals surface area contributed by atoms with Crippen LogP contribution in [0.15, 0.2) is 61.1 Å². The fourth-order valence-corrected chi connectivity index (χ4v) is 2.76. The Morgan fingerprint density at radius 1 is 1.08 bits per heavy atom. The summed E-state index contributed by atoms with van der Waals surface area (Å²) < 4.78 is 1.78. The molecule has 0 aliphatic heterocycles. The van der Waals surface area contributed by atoms with Gasteiger partial charge in [-0.25, -0.2) is 4.57 Å². The summed E-state index contributed by atoms with van der Waals surface area (Å²) in [6.45, 7) is 4.41. The lowest BCUT2D eigenvalue weighted by atomic mass is 10.0. The fraction of sp³-hybridized carbons (Fsp3) is 0.150. The Kier molecular flexibility index (Phi) is 6.45. The SMILES string of the molecule is Cc1ccc(-c2cc[n+](CC(=O)c3ccc(Cl)cc3)cn2)c(C)c1.[Br-]. The van der Waals surface area contributed by atoms with E-state index in [0.717, 1.165) is 11.3 Å². The summed E-state index contributed by atoms with van der Waals surface area (Å²) in [5.74, 6) is 0.0257.